The standard InChI is InChI=1S/C19H19NO4S/c1-12-18(16-6-4-5-7-17(16)20-12)19(21)13(2)24-14-8-10-15(11-9-14)25(3,22)23/h4-11,13,20H,1-3H3. The van der Waals surface area contributed by atoms with Gasteiger partial charge in [-0.1, -0.05) is 18.2 Å². The fourth-order valence-electron chi connectivity index (χ4n) is 2.82. The molecule has 1 unspecified atom stereocenters. The Bertz CT molecular complexity index is 1030. The molecule has 3 rings (SSSR count). The van der Waals surface area contributed by atoms with Crippen molar-refractivity contribution in [1.82, 2.24) is 4.98 Å². The summed E-state index contributed by atoms with van der Waals surface area (Å²) >= 11 is 0. The summed E-state index contributed by atoms with van der Waals surface area (Å²) in [6, 6.07) is 13.7. The monoisotopic (exact) mass is 357 g/mol. The van der Waals surface area contributed by atoms with Crippen molar-refractivity contribution in [2.75, 3.05) is 6.26 Å². The van der Waals surface area contributed by atoms with Crippen LogP contribution >= 0.6 is 0 Å². The van der Waals surface area contributed by atoms with Crippen molar-refractivity contribution in [3.8, 4) is 5.75 Å². The van der Waals surface area contributed by atoms with Crippen molar-refractivity contribution < 1.29 is 17.9 Å². The van der Waals surface area contributed by atoms with Crippen molar-refractivity contribution in [2.24, 2.45) is 0 Å². The molecule has 0 aliphatic heterocycles. The molecule has 1 heterocycles. The van der Waals surface area contributed by atoms with E-state index in [9.17, 15) is 13.2 Å². The number of rotatable bonds is 5. The van der Waals surface area contributed by atoms with Crippen LogP contribution in [-0.4, -0.2) is 31.5 Å². The molecule has 0 radical (unpaired) electrons. The number of aryl methyl sites for hydroxylation is 1. The average molecular weight is 357 g/mol. The quantitative estimate of drug-likeness (QED) is 0.709. The van der Waals surface area contributed by atoms with Gasteiger partial charge in [-0.05, 0) is 44.2 Å². The number of hydrogen-bond donors (Lipinski definition) is 1. The molecule has 2 aromatic carbocycles. The number of para-hydroxylation sites is 1. The number of H-pyrrole nitrogens is 1. The van der Waals surface area contributed by atoms with Crippen molar-refractivity contribution in [2.45, 2.75) is 24.8 Å². The molecule has 3 aromatic rings. The number of ether oxygens (including phenoxy) is 1. The Labute approximate surface area is 146 Å². The number of ketones is 1. The Morgan fingerprint density at radius 2 is 1.72 bits per heavy atom. The van der Waals surface area contributed by atoms with Crippen LogP contribution in [-0.2, 0) is 9.84 Å². The lowest BCUT2D eigenvalue weighted by molar-refractivity contribution is 0.0819. The van der Waals surface area contributed by atoms with Gasteiger partial charge in [-0.25, -0.2) is 8.42 Å². The summed E-state index contributed by atoms with van der Waals surface area (Å²) < 4.78 is 28.7. The number of sulfone groups is 1. The number of carbonyl (C=O) groups is 1. The van der Waals surface area contributed by atoms with Crippen LogP contribution in [0.4, 0.5) is 0 Å². The third-order valence-electron chi connectivity index (χ3n) is 4.07. The van der Waals surface area contributed by atoms with E-state index in [-0.39, 0.29) is 10.7 Å². The third-order valence-corrected chi connectivity index (χ3v) is 5.20. The van der Waals surface area contributed by atoms with E-state index in [1.807, 2.05) is 31.2 Å². The molecule has 1 atom stereocenters. The molecule has 0 fully saturated rings. The molecule has 1 aromatic heterocycles. The number of aromatic nitrogens is 1. The van der Waals surface area contributed by atoms with Gasteiger partial charge in [0.15, 0.2) is 15.9 Å². The lowest BCUT2D eigenvalue weighted by atomic mass is 10.0. The number of aromatic amines is 1. The van der Waals surface area contributed by atoms with Crippen LogP contribution in [0, 0.1) is 6.92 Å². The van der Waals surface area contributed by atoms with Crippen LogP contribution in [0.2, 0.25) is 0 Å². The van der Waals surface area contributed by atoms with E-state index in [1.165, 1.54) is 12.1 Å². The molecule has 0 aliphatic carbocycles. The van der Waals surface area contributed by atoms with Crippen LogP contribution in [0.15, 0.2) is 53.4 Å². The molecule has 0 aliphatic rings. The van der Waals surface area contributed by atoms with E-state index in [4.69, 9.17) is 4.74 Å². The topological polar surface area (TPSA) is 76.2 Å². The maximum atomic E-state index is 12.8. The van der Waals surface area contributed by atoms with Crippen molar-refractivity contribution in [1.29, 1.82) is 0 Å². The lowest BCUT2D eigenvalue weighted by Gasteiger charge is -2.14. The van der Waals surface area contributed by atoms with Gasteiger partial charge in [0.05, 0.1) is 4.90 Å². The summed E-state index contributed by atoms with van der Waals surface area (Å²) in [5.41, 5.74) is 2.33. The van der Waals surface area contributed by atoms with Gasteiger partial charge >= 0.3 is 0 Å². The smallest absolute Gasteiger partial charge is 0.205 e. The van der Waals surface area contributed by atoms with Crippen LogP contribution < -0.4 is 4.74 Å². The Kier molecular flexibility index (Phi) is 4.39. The molecule has 5 nitrogen and oxygen atoms in total. The molecule has 6 heteroatoms. The summed E-state index contributed by atoms with van der Waals surface area (Å²) in [6.07, 6.45) is 0.455. The predicted molar refractivity (Wildman–Crippen MR) is 97.0 cm³/mol. The second-order valence-electron chi connectivity index (χ2n) is 6.04. The first-order valence-electron chi connectivity index (χ1n) is 7.85. The molecule has 0 saturated carbocycles. The van der Waals surface area contributed by atoms with Gasteiger partial charge < -0.3 is 9.72 Å². The minimum atomic E-state index is -3.26. The second kappa shape index (κ2) is 6.37. The van der Waals surface area contributed by atoms with Gasteiger partial charge in [0.25, 0.3) is 0 Å². The van der Waals surface area contributed by atoms with E-state index in [0.29, 0.717) is 11.3 Å². The zero-order valence-electron chi connectivity index (χ0n) is 14.2. The van der Waals surface area contributed by atoms with Crippen LogP contribution in [0.5, 0.6) is 5.75 Å². The molecule has 25 heavy (non-hydrogen) atoms. The first-order chi connectivity index (χ1) is 11.8. The first-order valence-corrected chi connectivity index (χ1v) is 9.75. The second-order valence-corrected chi connectivity index (χ2v) is 8.05. The molecule has 0 amide bonds. The van der Waals surface area contributed by atoms with E-state index in [0.717, 1.165) is 22.9 Å². The fraction of sp³-hybridized carbons (Fsp3) is 0.211. The minimum absolute atomic E-state index is 0.123. The van der Waals surface area contributed by atoms with E-state index in [2.05, 4.69) is 4.98 Å². The first kappa shape index (κ1) is 17.2. The molecule has 1 N–H and O–H groups in total. The number of carbonyl (C=O) groups excluding carboxylic acids is 1. The van der Waals surface area contributed by atoms with Crippen molar-refractivity contribution in [3.63, 3.8) is 0 Å². The minimum Gasteiger partial charge on any atom is -0.483 e. The molecular formula is C19H19NO4S. The van der Waals surface area contributed by atoms with Crippen molar-refractivity contribution in [3.05, 3.63) is 59.8 Å². The molecular weight excluding hydrogens is 338 g/mol. The lowest BCUT2D eigenvalue weighted by Crippen LogP contribution is -2.24. The van der Waals surface area contributed by atoms with Crippen LogP contribution in [0.1, 0.15) is 23.0 Å². The van der Waals surface area contributed by atoms with Gasteiger partial charge in [0.1, 0.15) is 5.75 Å². The zero-order valence-corrected chi connectivity index (χ0v) is 15.1. The summed E-state index contributed by atoms with van der Waals surface area (Å²) in [5, 5.41) is 0.868. The van der Waals surface area contributed by atoms with Crippen molar-refractivity contribution >= 4 is 26.5 Å². The highest BCUT2D eigenvalue weighted by molar-refractivity contribution is 7.90. The highest BCUT2D eigenvalue weighted by Crippen LogP contribution is 2.25. The van der Waals surface area contributed by atoms with E-state index in [1.54, 1.807) is 19.1 Å². The summed E-state index contributed by atoms with van der Waals surface area (Å²) in [6.45, 7) is 3.55. The van der Waals surface area contributed by atoms with Gasteiger partial charge in [-0.3, -0.25) is 4.79 Å². The number of Topliss-reactive ketones (excluding diaryl/α,β-unsaturated/α-hetero) is 1. The largest absolute Gasteiger partial charge is 0.483 e. The predicted octanol–water partition coefficient (Wildman–Crippen LogP) is 3.53. The third kappa shape index (κ3) is 3.44. The number of nitrogens with one attached hydrogen (secondary N) is 1. The number of hydrogen-bond acceptors (Lipinski definition) is 4. The Balaban J connectivity index is 1.84. The van der Waals surface area contributed by atoms with E-state index < -0.39 is 15.9 Å². The molecule has 0 bridgehead atoms. The Morgan fingerprint density at radius 1 is 1.08 bits per heavy atom. The Morgan fingerprint density at radius 3 is 2.36 bits per heavy atom. The van der Waals surface area contributed by atoms with E-state index >= 15 is 0 Å². The van der Waals surface area contributed by atoms with Crippen LogP contribution in [0.3, 0.4) is 0 Å². The van der Waals surface area contributed by atoms with Gasteiger partial charge in [0, 0.05) is 28.4 Å². The summed E-state index contributed by atoms with van der Waals surface area (Å²) in [4.78, 5) is 16.3. The molecule has 0 saturated heterocycles. The Hall–Kier alpha value is -2.60. The zero-order chi connectivity index (χ0) is 18.2. The maximum absolute atomic E-state index is 12.8. The fourth-order valence-corrected chi connectivity index (χ4v) is 3.45. The van der Waals surface area contributed by atoms with Crippen LogP contribution in [0.25, 0.3) is 10.9 Å². The normalized spacial score (nSPS) is 12.9. The average Bonchev–Trinajstić information content (AvgIpc) is 2.89. The maximum Gasteiger partial charge on any atom is 0.205 e. The van der Waals surface area contributed by atoms with Gasteiger partial charge in [0.2, 0.25) is 5.78 Å². The van der Waals surface area contributed by atoms with Gasteiger partial charge in [-0.15, -0.1) is 0 Å². The number of fused-ring (bicyclic) bond motifs is 1. The SMILES string of the molecule is Cc1[nH]c2ccccc2c1C(=O)C(C)Oc1ccc(S(C)(=O)=O)cc1. The highest BCUT2D eigenvalue weighted by Gasteiger charge is 2.23. The molecule has 0 spiro atoms. The highest BCUT2D eigenvalue weighted by atomic mass is 32.2. The number of benzene rings is 2. The summed E-state index contributed by atoms with van der Waals surface area (Å²) in [5.74, 6) is 0.327. The van der Waals surface area contributed by atoms with Gasteiger partial charge in [-0.2, -0.15) is 0 Å². The molecule has 130 valence electrons. The summed E-state index contributed by atoms with van der Waals surface area (Å²) in [7, 11) is -3.26.